The Kier molecular flexibility index (Phi) is 12.0. The van der Waals surface area contributed by atoms with Crippen LogP contribution >= 0.6 is 0 Å². The summed E-state index contributed by atoms with van der Waals surface area (Å²) in [5.74, 6) is 0. The zero-order valence-electron chi connectivity index (χ0n) is 39.2. The predicted octanol–water partition coefficient (Wildman–Crippen LogP) is 17.4. The van der Waals surface area contributed by atoms with Gasteiger partial charge in [-0.25, -0.2) is 0 Å². The average molecular weight is 903 g/mol. The van der Waals surface area contributed by atoms with Crippen LogP contribution in [0.4, 0.5) is 34.1 Å². The van der Waals surface area contributed by atoms with Crippen LogP contribution in [-0.4, -0.2) is 8.07 Å². The zero-order valence-corrected chi connectivity index (χ0v) is 40.2. The molecule has 0 spiro atoms. The lowest BCUT2D eigenvalue weighted by atomic mass is 10.0. The van der Waals surface area contributed by atoms with Crippen LogP contribution in [0.15, 0.2) is 255 Å². The van der Waals surface area contributed by atoms with Crippen molar-refractivity contribution in [2.24, 2.45) is 0 Å². The fourth-order valence-electron chi connectivity index (χ4n) is 10.5. The summed E-state index contributed by atoms with van der Waals surface area (Å²) in [4.78, 5) is 4.89. The van der Waals surface area contributed by atoms with Crippen LogP contribution in [-0.2, 0) is 0 Å². The number of rotatable bonds is 12. The van der Waals surface area contributed by atoms with Gasteiger partial charge in [-0.3, -0.25) is 0 Å². The fraction of sp³-hybridized carbons (Fsp3) is 0.0606. The van der Waals surface area contributed by atoms with Crippen LogP contribution in [0.1, 0.15) is 25.0 Å². The topological polar surface area (TPSA) is 6.48 Å². The van der Waals surface area contributed by atoms with Crippen molar-refractivity contribution in [2.45, 2.75) is 25.9 Å². The van der Waals surface area contributed by atoms with Gasteiger partial charge in [0.2, 0.25) is 0 Å². The Balaban J connectivity index is 1.03. The first-order valence-corrected chi connectivity index (χ1v) is 26.7. The third-order valence-corrected chi connectivity index (χ3v) is 19.5. The first kappa shape index (κ1) is 43.3. The minimum Gasteiger partial charge on any atom is -0.311 e. The van der Waals surface area contributed by atoms with E-state index in [1.807, 2.05) is 0 Å². The summed E-state index contributed by atoms with van der Waals surface area (Å²) < 4.78 is 0. The van der Waals surface area contributed by atoms with Crippen LogP contribution in [0.25, 0.3) is 56.7 Å². The molecule has 1 heterocycles. The van der Waals surface area contributed by atoms with Crippen molar-refractivity contribution in [3.63, 3.8) is 0 Å². The van der Waals surface area contributed by atoms with Gasteiger partial charge in [-0.2, -0.15) is 0 Å². The molecule has 0 aromatic heterocycles. The standard InChI is InChI=1S/C66H54N2Si/c1-3-69(4-2)65-47-63(67(59-37-27-53(28-38-59)49-17-9-5-10-18-49)60-39-29-54(30-40-60)50-19-11-6-12-20-50)45-35-57(65)25-26-58-36-46-64(48-66(58)69)68(61-41-31-55(32-42-61)51-21-13-7-14-22-51)62-43-33-56(34-44-62)52-23-15-8-16-24-52/h5-48H,3-4H2,1-2H3. The molecule has 1 aliphatic heterocycles. The minimum absolute atomic E-state index is 1.08. The molecule has 0 fully saturated rings. The maximum absolute atomic E-state index is 2.54. The van der Waals surface area contributed by atoms with E-state index >= 15 is 0 Å². The van der Waals surface area contributed by atoms with E-state index in [1.54, 1.807) is 0 Å². The number of anilines is 6. The number of hydrogen-bond donors (Lipinski definition) is 0. The molecule has 2 nitrogen and oxygen atoms in total. The molecule has 11 rings (SSSR count). The van der Waals surface area contributed by atoms with E-state index in [0.717, 1.165) is 34.8 Å². The Morgan fingerprint density at radius 1 is 0.261 bits per heavy atom. The van der Waals surface area contributed by atoms with E-state index < -0.39 is 8.07 Å². The number of benzene rings is 10. The highest BCUT2D eigenvalue weighted by molar-refractivity contribution is 7.03. The predicted molar refractivity (Wildman–Crippen MR) is 299 cm³/mol. The fourth-order valence-corrected chi connectivity index (χ4v) is 15.1. The molecule has 0 bridgehead atoms. The van der Waals surface area contributed by atoms with Gasteiger partial charge in [0.05, 0.1) is 0 Å². The molecule has 0 aliphatic carbocycles. The Bertz CT molecular complexity index is 2950. The largest absolute Gasteiger partial charge is 0.311 e. The second kappa shape index (κ2) is 19.2. The first-order valence-electron chi connectivity index (χ1n) is 24.3. The molecule has 10 aromatic rings. The Morgan fingerprint density at radius 3 is 0.739 bits per heavy atom. The monoisotopic (exact) mass is 902 g/mol. The van der Waals surface area contributed by atoms with Gasteiger partial charge in [-0.05, 0) is 139 Å². The van der Waals surface area contributed by atoms with Crippen molar-refractivity contribution in [1.82, 2.24) is 0 Å². The summed E-state index contributed by atoms with van der Waals surface area (Å²) in [6.07, 6.45) is 4.74. The molecule has 3 heteroatoms. The third kappa shape index (κ3) is 8.54. The van der Waals surface area contributed by atoms with Gasteiger partial charge in [0.15, 0.2) is 0 Å². The van der Waals surface area contributed by atoms with Gasteiger partial charge in [-0.1, -0.05) is 220 Å². The van der Waals surface area contributed by atoms with Gasteiger partial charge in [0, 0.05) is 34.1 Å². The summed E-state index contributed by atoms with van der Waals surface area (Å²) in [6, 6.07) is 95.5. The summed E-state index contributed by atoms with van der Waals surface area (Å²) in [6.45, 7) is 4.86. The Morgan fingerprint density at radius 2 is 0.493 bits per heavy atom. The summed E-state index contributed by atoms with van der Waals surface area (Å²) >= 11 is 0. The van der Waals surface area contributed by atoms with E-state index in [2.05, 4.69) is 291 Å². The van der Waals surface area contributed by atoms with Gasteiger partial charge in [-0.15, -0.1) is 0 Å². The molecule has 0 atom stereocenters. The molecular weight excluding hydrogens is 849 g/mol. The molecular formula is C66H54N2Si. The lowest BCUT2D eigenvalue weighted by molar-refractivity contribution is 1.26. The molecule has 1 aliphatic rings. The van der Waals surface area contributed by atoms with Crippen molar-refractivity contribution in [2.75, 3.05) is 9.80 Å². The smallest absolute Gasteiger partial charge is 0.119 e. The molecule has 0 radical (unpaired) electrons. The average Bonchev–Trinajstić information content (AvgIpc) is 3.57. The van der Waals surface area contributed by atoms with Crippen LogP contribution in [0.2, 0.25) is 12.1 Å². The normalized spacial score (nSPS) is 12.4. The minimum atomic E-state index is -2.41. The molecule has 0 unspecified atom stereocenters. The van der Waals surface area contributed by atoms with Gasteiger partial charge in [0.1, 0.15) is 8.07 Å². The van der Waals surface area contributed by atoms with Crippen LogP contribution < -0.4 is 20.2 Å². The molecule has 0 amide bonds. The second-order valence-electron chi connectivity index (χ2n) is 18.0. The number of nitrogens with zero attached hydrogens (tertiary/aromatic N) is 2. The Hall–Kier alpha value is -8.24. The van der Waals surface area contributed by atoms with Crippen molar-refractivity contribution >= 4 is 64.7 Å². The highest BCUT2D eigenvalue weighted by atomic mass is 28.3. The molecule has 69 heavy (non-hydrogen) atoms. The van der Waals surface area contributed by atoms with Crippen molar-refractivity contribution in [3.8, 4) is 44.5 Å². The maximum atomic E-state index is 2.54. The zero-order chi connectivity index (χ0) is 46.6. The van der Waals surface area contributed by atoms with Crippen molar-refractivity contribution in [1.29, 1.82) is 0 Å². The van der Waals surface area contributed by atoms with Crippen molar-refractivity contribution in [3.05, 3.63) is 266 Å². The van der Waals surface area contributed by atoms with Crippen LogP contribution in [0, 0.1) is 0 Å². The summed E-state index contributed by atoms with van der Waals surface area (Å²) in [5, 5.41) is 2.96. The molecule has 332 valence electrons. The van der Waals surface area contributed by atoms with E-state index in [-0.39, 0.29) is 0 Å². The van der Waals surface area contributed by atoms with Crippen LogP contribution in [0.3, 0.4) is 0 Å². The van der Waals surface area contributed by atoms with Gasteiger partial charge in [0.25, 0.3) is 0 Å². The lowest BCUT2D eigenvalue weighted by Gasteiger charge is -2.35. The molecule has 0 saturated heterocycles. The maximum Gasteiger partial charge on any atom is 0.119 e. The van der Waals surface area contributed by atoms with Gasteiger partial charge >= 0.3 is 0 Å². The first-order chi connectivity index (χ1) is 34.1. The molecule has 10 aromatic carbocycles. The Labute approximate surface area is 408 Å². The van der Waals surface area contributed by atoms with Crippen molar-refractivity contribution < 1.29 is 0 Å². The third-order valence-electron chi connectivity index (χ3n) is 14.2. The number of hydrogen-bond acceptors (Lipinski definition) is 2. The highest BCUT2D eigenvalue weighted by Gasteiger charge is 2.39. The van der Waals surface area contributed by atoms with Gasteiger partial charge < -0.3 is 9.80 Å². The molecule has 0 N–H and O–H groups in total. The van der Waals surface area contributed by atoms with E-state index in [0.29, 0.717) is 0 Å². The summed E-state index contributed by atoms with van der Waals surface area (Å²) in [5.41, 5.74) is 19.1. The number of fused-ring (bicyclic) bond motifs is 2. The highest BCUT2D eigenvalue weighted by Crippen LogP contribution is 2.41. The van der Waals surface area contributed by atoms with E-state index in [4.69, 9.17) is 0 Å². The quantitative estimate of drug-likeness (QED) is 0.113. The second-order valence-corrected chi connectivity index (χ2v) is 22.6. The van der Waals surface area contributed by atoms with Crippen LogP contribution in [0.5, 0.6) is 0 Å². The van der Waals surface area contributed by atoms with E-state index in [1.165, 1.54) is 77.4 Å². The SMILES string of the molecule is CC[Si]1(CC)c2cc(N(c3ccc(-c4ccccc4)cc3)c3ccc(-c4ccccc4)cc3)ccc2C=Cc2ccc(N(c3ccc(-c4ccccc4)cc3)c3ccc(-c4ccccc4)cc3)cc21. The molecule has 0 saturated carbocycles. The summed E-state index contributed by atoms with van der Waals surface area (Å²) in [7, 11) is -2.41. The lowest BCUT2D eigenvalue weighted by Crippen LogP contribution is -2.58. The van der Waals surface area contributed by atoms with E-state index in [9.17, 15) is 0 Å².